The van der Waals surface area contributed by atoms with Gasteiger partial charge in [0.1, 0.15) is 29.7 Å². The number of aldehydes is 1. The van der Waals surface area contributed by atoms with Crippen LogP contribution in [0.2, 0.25) is 0 Å². The fraction of sp³-hybridized carbons (Fsp3) is 0.658. The molecule has 4 rings (SSSR count). The van der Waals surface area contributed by atoms with Crippen LogP contribution >= 0.6 is 12.4 Å². The van der Waals surface area contributed by atoms with Crippen molar-refractivity contribution in [1.82, 2.24) is 19.4 Å². The number of aromatic nitrogens is 2. The number of esters is 2. The summed E-state index contributed by atoms with van der Waals surface area (Å²) in [6.07, 6.45) is -6.48. The summed E-state index contributed by atoms with van der Waals surface area (Å²) in [5.74, 6) is -1.78. The number of likely N-dealkylation sites (tertiary alicyclic amines) is 1. The zero-order valence-corrected chi connectivity index (χ0v) is 34.2. The molecule has 330 valence electrons. The summed E-state index contributed by atoms with van der Waals surface area (Å²) in [5, 5.41) is 3.11. The number of hydrogen-bond acceptors (Lipinski definition) is 9. The smallest absolute Gasteiger partial charge is 0.416 e. The van der Waals surface area contributed by atoms with Crippen molar-refractivity contribution < 1.29 is 59.0 Å². The van der Waals surface area contributed by atoms with Crippen LogP contribution < -0.4 is 16.4 Å². The maximum Gasteiger partial charge on any atom is 0.416 e. The van der Waals surface area contributed by atoms with Crippen LogP contribution in [0.3, 0.4) is 0 Å². The van der Waals surface area contributed by atoms with E-state index in [2.05, 4.69) is 5.32 Å². The normalized spacial score (nSPS) is 15.4. The molecule has 2 fully saturated rings. The summed E-state index contributed by atoms with van der Waals surface area (Å²) in [6, 6.07) is -1.99. The first-order valence-corrected chi connectivity index (χ1v) is 18.5. The topological polar surface area (TPSA) is 129 Å². The van der Waals surface area contributed by atoms with Gasteiger partial charge in [0.15, 0.2) is 0 Å². The first kappa shape index (κ1) is 52.2. The third-order valence-electron chi connectivity index (χ3n) is 8.74. The van der Waals surface area contributed by atoms with Crippen molar-refractivity contribution in [2.24, 2.45) is 0 Å². The maximum atomic E-state index is 14.2. The number of alkyl halides is 8. The Kier molecular flexibility index (Phi) is 20.2. The lowest BCUT2D eigenvalue weighted by Gasteiger charge is -2.31. The molecule has 0 spiro atoms. The molecule has 0 aromatic carbocycles. The first-order chi connectivity index (χ1) is 26.3. The average molecular weight is 865 g/mol. The monoisotopic (exact) mass is 864 g/mol. The van der Waals surface area contributed by atoms with Gasteiger partial charge in [-0.1, -0.05) is 0 Å². The van der Waals surface area contributed by atoms with Crippen LogP contribution in [0.15, 0.2) is 34.1 Å². The van der Waals surface area contributed by atoms with Gasteiger partial charge in [-0.3, -0.25) is 9.59 Å². The summed E-state index contributed by atoms with van der Waals surface area (Å²) in [7, 11) is 0. The number of ether oxygens (including phenoxy) is 2. The fourth-order valence-electron chi connectivity index (χ4n) is 5.70. The van der Waals surface area contributed by atoms with Gasteiger partial charge in [0, 0.05) is 50.3 Å². The van der Waals surface area contributed by atoms with Gasteiger partial charge in [0.2, 0.25) is 0 Å². The Labute approximate surface area is 337 Å². The van der Waals surface area contributed by atoms with Crippen LogP contribution in [0.5, 0.6) is 0 Å². The second-order valence-electron chi connectivity index (χ2n) is 14.7. The standard InChI is InChI=1S/C19H26F4N2O3.C16H19F4NO4.C3H7N.ClH/c1-4-28-17(27)15(11-18(2,3)20)25-12-13(6-9-24-7-5-8-24)14(10-16(25)26)19(21,22)23;1-4-25-14(24)12(8-15(2,3)17)21-9-10(5-6-22)11(7-13(21)23)16(18,19)20;1-2-4-3-1;/h10,12,15H,4-9,11H2,1-3H3;6-7,9,12H,4-5,8H2,1-3H3;4H,1-3H2;1H. The van der Waals surface area contributed by atoms with E-state index in [-0.39, 0.29) is 50.3 Å². The predicted molar refractivity (Wildman–Crippen MR) is 202 cm³/mol. The molecule has 0 saturated carbocycles. The molecular weight excluding hydrogens is 812 g/mol. The third kappa shape index (κ3) is 16.8. The zero-order valence-electron chi connectivity index (χ0n) is 33.4. The van der Waals surface area contributed by atoms with Gasteiger partial charge in [-0.25, -0.2) is 18.4 Å². The highest BCUT2D eigenvalue weighted by Gasteiger charge is 2.38. The molecule has 20 heteroatoms. The Hall–Kier alpha value is -3.84. The van der Waals surface area contributed by atoms with Crippen molar-refractivity contribution >= 4 is 30.6 Å². The zero-order chi connectivity index (χ0) is 43.4. The van der Waals surface area contributed by atoms with Crippen LogP contribution in [0.4, 0.5) is 35.1 Å². The molecule has 2 aliphatic rings. The van der Waals surface area contributed by atoms with Crippen molar-refractivity contribution in [2.75, 3.05) is 45.9 Å². The average Bonchev–Trinajstić information content (AvgIpc) is 3.01. The minimum atomic E-state index is -4.84. The molecule has 2 saturated heterocycles. The summed E-state index contributed by atoms with van der Waals surface area (Å²) in [6.45, 7) is 12.4. The number of nitrogens with one attached hydrogen (secondary N) is 1. The van der Waals surface area contributed by atoms with Crippen LogP contribution in [-0.4, -0.2) is 89.5 Å². The molecule has 58 heavy (non-hydrogen) atoms. The van der Waals surface area contributed by atoms with E-state index in [1.807, 2.05) is 4.90 Å². The highest BCUT2D eigenvalue weighted by atomic mass is 35.5. The van der Waals surface area contributed by atoms with Crippen molar-refractivity contribution in [2.45, 2.75) is 116 Å². The van der Waals surface area contributed by atoms with E-state index in [0.29, 0.717) is 23.2 Å². The van der Waals surface area contributed by atoms with Crippen LogP contribution in [-0.2, 0) is 49.1 Å². The second-order valence-corrected chi connectivity index (χ2v) is 14.7. The number of halogens is 9. The predicted octanol–water partition coefficient (Wildman–Crippen LogP) is 6.61. The van der Waals surface area contributed by atoms with Gasteiger partial charge in [-0.2, -0.15) is 26.3 Å². The SMILES string of the molecule is C1CNC1.CCOC(=O)C(CC(C)(C)F)n1cc(CC=O)c(C(F)(F)F)cc1=O.CCOC(=O)C(CC(C)(C)F)n1cc(CCN2CCC2)c(C(F)(F)F)cc1=O.Cl. The molecular formula is C38H53ClF8N4O7. The summed E-state index contributed by atoms with van der Waals surface area (Å²) in [5.41, 5.74) is -8.70. The van der Waals surface area contributed by atoms with Crippen LogP contribution in [0.1, 0.15) is 102 Å². The van der Waals surface area contributed by atoms with Gasteiger partial charge in [-0.15, -0.1) is 12.4 Å². The number of nitrogens with zero attached hydrogens (tertiary/aromatic N) is 3. The number of hydrogen-bond donors (Lipinski definition) is 1. The number of pyridine rings is 2. The molecule has 1 N–H and O–H groups in total. The summed E-state index contributed by atoms with van der Waals surface area (Å²) >= 11 is 0. The third-order valence-corrected chi connectivity index (χ3v) is 8.74. The second kappa shape index (κ2) is 22.5. The molecule has 2 aliphatic heterocycles. The molecule has 2 unspecified atom stereocenters. The molecule has 11 nitrogen and oxygen atoms in total. The Balaban J connectivity index is 0.000000522. The Bertz CT molecular complexity index is 1760. The minimum Gasteiger partial charge on any atom is -0.464 e. The molecule has 4 heterocycles. The van der Waals surface area contributed by atoms with Crippen molar-refractivity contribution in [3.8, 4) is 0 Å². The van der Waals surface area contributed by atoms with Gasteiger partial charge in [0.25, 0.3) is 11.1 Å². The van der Waals surface area contributed by atoms with Gasteiger partial charge in [0.05, 0.1) is 24.3 Å². The van der Waals surface area contributed by atoms with E-state index >= 15 is 0 Å². The summed E-state index contributed by atoms with van der Waals surface area (Å²) in [4.78, 5) is 61.6. The molecule has 0 aliphatic carbocycles. The lowest BCUT2D eigenvalue weighted by Crippen LogP contribution is -2.39. The van der Waals surface area contributed by atoms with E-state index < -0.39 is 88.4 Å². The number of rotatable bonds is 15. The lowest BCUT2D eigenvalue weighted by molar-refractivity contribution is -0.149. The molecule has 2 aromatic rings. The maximum absolute atomic E-state index is 14.2. The molecule has 0 bridgehead atoms. The van der Waals surface area contributed by atoms with Gasteiger partial charge >= 0.3 is 24.3 Å². The van der Waals surface area contributed by atoms with E-state index in [4.69, 9.17) is 9.47 Å². The van der Waals surface area contributed by atoms with E-state index in [1.165, 1.54) is 54.1 Å². The van der Waals surface area contributed by atoms with Crippen LogP contribution in [0, 0.1) is 0 Å². The molecule has 2 atom stereocenters. The number of carbonyl (C=O) groups is 3. The van der Waals surface area contributed by atoms with E-state index in [0.717, 1.165) is 36.5 Å². The fourth-order valence-corrected chi connectivity index (χ4v) is 5.70. The van der Waals surface area contributed by atoms with E-state index in [9.17, 15) is 59.1 Å². The minimum absolute atomic E-state index is 0. The van der Waals surface area contributed by atoms with Crippen molar-refractivity contribution in [1.29, 1.82) is 0 Å². The Morgan fingerprint density at radius 1 is 0.741 bits per heavy atom. The van der Waals surface area contributed by atoms with Gasteiger partial charge in [-0.05, 0) is 98.1 Å². The molecule has 0 radical (unpaired) electrons. The Morgan fingerprint density at radius 2 is 1.12 bits per heavy atom. The van der Waals surface area contributed by atoms with Crippen molar-refractivity contribution in [3.63, 3.8) is 0 Å². The number of carbonyl (C=O) groups excluding carboxylic acids is 3. The quantitative estimate of drug-likeness (QED) is 0.120. The highest BCUT2D eigenvalue weighted by molar-refractivity contribution is 5.85. The summed E-state index contributed by atoms with van der Waals surface area (Å²) < 4.78 is 119. The molecule has 0 amide bonds. The highest BCUT2D eigenvalue weighted by Crippen LogP contribution is 2.34. The van der Waals surface area contributed by atoms with Gasteiger partial charge < -0.3 is 33.6 Å². The molecule has 2 aromatic heterocycles. The van der Waals surface area contributed by atoms with Crippen molar-refractivity contribution in [3.05, 3.63) is 67.5 Å². The Morgan fingerprint density at radius 3 is 1.41 bits per heavy atom. The first-order valence-electron chi connectivity index (χ1n) is 18.5. The largest absolute Gasteiger partial charge is 0.464 e. The lowest BCUT2D eigenvalue weighted by atomic mass is 9.99. The van der Waals surface area contributed by atoms with E-state index in [1.54, 1.807) is 6.92 Å². The van der Waals surface area contributed by atoms with Crippen LogP contribution in [0.25, 0.3) is 0 Å².